The standard InChI is InChI=1S/C8H12N2O/c1-6(11)8(2,3)7-9-4-5-10-7/h4-5H,1-3H3,(H,9,10). The number of rotatable bonds is 2. The molecule has 1 rings (SSSR count). The Morgan fingerprint density at radius 1 is 1.64 bits per heavy atom. The molecule has 0 saturated carbocycles. The molecule has 0 amide bonds. The number of aromatic amines is 1. The van der Waals surface area contributed by atoms with Crippen LogP contribution in [-0.2, 0) is 10.2 Å². The third kappa shape index (κ3) is 1.31. The molecule has 0 radical (unpaired) electrons. The van der Waals surface area contributed by atoms with E-state index in [0.29, 0.717) is 0 Å². The molecule has 1 heterocycles. The fourth-order valence-electron chi connectivity index (χ4n) is 0.774. The number of nitrogens with zero attached hydrogens (tertiary/aromatic N) is 1. The summed E-state index contributed by atoms with van der Waals surface area (Å²) < 4.78 is 0. The molecule has 3 nitrogen and oxygen atoms in total. The summed E-state index contributed by atoms with van der Waals surface area (Å²) in [5.41, 5.74) is -0.483. The molecule has 0 atom stereocenters. The van der Waals surface area contributed by atoms with Crippen molar-refractivity contribution in [3.8, 4) is 0 Å². The van der Waals surface area contributed by atoms with Gasteiger partial charge in [-0.1, -0.05) is 0 Å². The zero-order valence-corrected chi connectivity index (χ0v) is 7.01. The molecule has 0 aliphatic heterocycles. The normalized spacial score (nSPS) is 11.5. The smallest absolute Gasteiger partial charge is 0.142 e. The Labute approximate surface area is 65.8 Å². The minimum atomic E-state index is -0.483. The van der Waals surface area contributed by atoms with Crippen molar-refractivity contribution in [1.29, 1.82) is 0 Å². The van der Waals surface area contributed by atoms with Crippen LogP contribution in [0.2, 0.25) is 0 Å². The number of nitrogens with one attached hydrogen (secondary N) is 1. The molecule has 1 N–H and O–H groups in total. The second kappa shape index (κ2) is 2.49. The van der Waals surface area contributed by atoms with Gasteiger partial charge in [-0.2, -0.15) is 0 Å². The van der Waals surface area contributed by atoms with Gasteiger partial charge in [-0.15, -0.1) is 0 Å². The first kappa shape index (κ1) is 7.98. The predicted octanol–water partition coefficient (Wildman–Crippen LogP) is 1.28. The van der Waals surface area contributed by atoms with Crippen molar-refractivity contribution in [2.45, 2.75) is 26.2 Å². The number of Topliss-reactive ketones (excluding diaryl/α,β-unsaturated/α-hetero) is 1. The van der Waals surface area contributed by atoms with Gasteiger partial charge in [-0.05, 0) is 20.8 Å². The average molecular weight is 152 g/mol. The molecule has 0 saturated heterocycles. The molecule has 0 aliphatic rings. The Kier molecular flexibility index (Phi) is 1.81. The molecule has 0 aliphatic carbocycles. The third-order valence-corrected chi connectivity index (χ3v) is 1.97. The molecule has 1 aromatic heterocycles. The topological polar surface area (TPSA) is 45.8 Å². The van der Waals surface area contributed by atoms with Crippen LogP contribution in [0.15, 0.2) is 12.4 Å². The van der Waals surface area contributed by atoms with Crippen LogP contribution in [0.1, 0.15) is 26.6 Å². The summed E-state index contributed by atoms with van der Waals surface area (Å²) >= 11 is 0. The maximum atomic E-state index is 11.1. The Bertz CT molecular complexity index is 249. The minimum Gasteiger partial charge on any atom is -0.348 e. The third-order valence-electron chi connectivity index (χ3n) is 1.97. The van der Waals surface area contributed by atoms with Crippen molar-refractivity contribution in [2.75, 3.05) is 0 Å². The Hall–Kier alpha value is -1.12. The van der Waals surface area contributed by atoms with E-state index in [9.17, 15) is 4.79 Å². The monoisotopic (exact) mass is 152 g/mol. The van der Waals surface area contributed by atoms with Crippen molar-refractivity contribution in [3.63, 3.8) is 0 Å². The molecule has 0 bridgehead atoms. The summed E-state index contributed by atoms with van der Waals surface area (Å²) in [6.07, 6.45) is 3.38. The van der Waals surface area contributed by atoms with Crippen LogP contribution in [0.25, 0.3) is 0 Å². The highest BCUT2D eigenvalue weighted by atomic mass is 16.1. The number of imidazole rings is 1. The highest BCUT2D eigenvalue weighted by Crippen LogP contribution is 2.19. The van der Waals surface area contributed by atoms with Gasteiger partial charge < -0.3 is 4.98 Å². The van der Waals surface area contributed by atoms with Gasteiger partial charge in [0.05, 0.1) is 5.41 Å². The summed E-state index contributed by atoms with van der Waals surface area (Å²) in [7, 11) is 0. The molecule has 3 heteroatoms. The van der Waals surface area contributed by atoms with E-state index in [2.05, 4.69) is 9.97 Å². The van der Waals surface area contributed by atoms with Crippen LogP contribution in [0.5, 0.6) is 0 Å². The quantitative estimate of drug-likeness (QED) is 0.693. The second-order valence-electron chi connectivity index (χ2n) is 3.12. The van der Waals surface area contributed by atoms with E-state index < -0.39 is 5.41 Å². The lowest BCUT2D eigenvalue weighted by atomic mass is 9.88. The van der Waals surface area contributed by atoms with Crippen molar-refractivity contribution in [1.82, 2.24) is 9.97 Å². The molecule has 1 aromatic rings. The van der Waals surface area contributed by atoms with Crippen molar-refractivity contribution < 1.29 is 4.79 Å². The summed E-state index contributed by atoms with van der Waals surface area (Å²) in [5.74, 6) is 0.845. The van der Waals surface area contributed by atoms with E-state index in [1.54, 1.807) is 19.3 Å². The fraction of sp³-hybridized carbons (Fsp3) is 0.500. The van der Waals surface area contributed by atoms with Gasteiger partial charge in [0.2, 0.25) is 0 Å². The molecular formula is C8H12N2O. The zero-order valence-electron chi connectivity index (χ0n) is 7.01. The number of hydrogen-bond acceptors (Lipinski definition) is 2. The number of aromatic nitrogens is 2. The van der Waals surface area contributed by atoms with E-state index >= 15 is 0 Å². The number of hydrogen-bond donors (Lipinski definition) is 1. The first-order valence-corrected chi connectivity index (χ1v) is 3.56. The van der Waals surface area contributed by atoms with Gasteiger partial charge in [0.15, 0.2) is 0 Å². The number of carbonyl (C=O) groups is 1. The number of carbonyl (C=O) groups excluding carboxylic acids is 1. The average Bonchev–Trinajstić information content (AvgIpc) is 2.37. The molecule has 0 spiro atoms. The molecule has 11 heavy (non-hydrogen) atoms. The molecule has 0 unspecified atom stereocenters. The molecule has 60 valence electrons. The second-order valence-corrected chi connectivity index (χ2v) is 3.12. The Morgan fingerprint density at radius 2 is 2.27 bits per heavy atom. The van der Waals surface area contributed by atoms with Crippen LogP contribution in [0, 0.1) is 0 Å². The largest absolute Gasteiger partial charge is 0.348 e. The van der Waals surface area contributed by atoms with Crippen molar-refractivity contribution >= 4 is 5.78 Å². The zero-order chi connectivity index (χ0) is 8.48. The predicted molar refractivity (Wildman–Crippen MR) is 42.3 cm³/mol. The fourth-order valence-corrected chi connectivity index (χ4v) is 0.774. The van der Waals surface area contributed by atoms with Crippen LogP contribution in [0.4, 0.5) is 0 Å². The summed E-state index contributed by atoms with van der Waals surface area (Å²) in [6, 6.07) is 0. The van der Waals surface area contributed by atoms with Gasteiger partial charge >= 0.3 is 0 Å². The number of H-pyrrole nitrogens is 1. The summed E-state index contributed by atoms with van der Waals surface area (Å²) in [6.45, 7) is 5.28. The van der Waals surface area contributed by atoms with E-state index in [-0.39, 0.29) is 5.78 Å². The van der Waals surface area contributed by atoms with Crippen molar-refractivity contribution in [3.05, 3.63) is 18.2 Å². The van der Waals surface area contributed by atoms with Crippen LogP contribution < -0.4 is 0 Å². The van der Waals surface area contributed by atoms with Crippen molar-refractivity contribution in [2.24, 2.45) is 0 Å². The van der Waals surface area contributed by atoms with Crippen LogP contribution in [-0.4, -0.2) is 15.8 Å². The number of ketones is 1. The van der Waals surface area contributed by atoms with Gasteiger partial charge in [0, 0.05) is 12.4 Å². The molecule has 0 aromatic carbocycles. The molecule has 0 fully saturated rings. The molecular weight excluding hydrogens is 140 g/mol. The Balaban J connectivity index is 3.00. The lowest BCUT2D eigenvalue weighted by Gasteiger charge is -2.17. The summed E-state index contributed by atoms with van der Waals surface area (Å²) in [4.78, 5) is 18.1. The van der Waals surface area contributed by atoms with E-state index in [0.717, 1.165) is 5.82 Å². The van der Waals surface area contributed by atoms with E-state index in [1.807, 2.05) is 13.8 Å². The van der Waals surface area contributed by atoms with Gasteiger partial charge in [-0.3, -0.25) is 4.79 Å². The van der Waals surface area contributed by atoms with E-state index in [4.69, 9.17) is 0 Å². The first-order chi connectivity index (χ1) is 5.05. The highest BCUT2D eigenvalue weighted by Gasteiger charge is 2.28. The minimum absolute atomic E-state index is 0.118. The SMILES string of the molecule is CC(=O)C(C)(C)c1ncc[nH]1. The van der Waals surface area contributed by atoms with Gasteiger partial charge in [0.1, 0.15) is 11.6 Å². The first-order valence-electron chi connectivity index (χ1n) is 3.56. The van der Waals surface area contributed by atoms with Gasteiger partial charge in [-0.25, -0.2) is 4.98 Å². The lowest BCUT2D eigenvalue weighted by molar-refractivity contribution is -0.121. The highest BCUT2D eigenvalue weighted by molar-refractivity contribution is 5.86. The van der Waals surface area contributed by atoms with Gasteiger partial charge in [0.25, 0.3) is 0 Å². The van der Waals surface area contributed by atoms with E-state index in [1.165, 1.54) is 0 Å². The van der Waals surface area contributed by atoms with Crippen LogP contribution >= 0.6 is 0 Å². The maximum Gasteiger partial charge on any atom is 0.142 e. The Morgan fingerprint density at radius 3 is 2.64 bits per heavy atom. The van der Waals surface area contributed by atoms with Crippen LogP contribution in [0.3, 0.4) is 0 Å². The lowest BCUT2D eigenvalue weighted by Crippen LogP contribution is -2.27. The maximum absolute atomic E-state index is 11.1. The summed E-state index contributed by atoms with van der Waals surface area (Å²) in [5, 5.41) is 0.